The predicted octanol–water partition coefficient (Wildman–Crippen LogP) is 1.48. The Kier molecular flexibility index (Phi) is 3.29. The summed E-state index contributed by atoms with van der Waals surface area (Å²) in [5.41, 5.74) is 7.77. The van der Waals surface area contributed by atoms with Crippen molar-refractivity contribution < 1.29 is 0 Å². The van der Waals surface area contributed by atoms with Crippen molar-refractivity contribution in [2.75, 3.05) is 31.2 Å². The van der Waals surface area contributed by atoms with Gasteiger partial charge in [-0.15, -0.1) is 0 Å². The van der Waals surface area contributed by atoms with E-state index in [1.165, 1.54) is 12.8 Å². The normalized spacial score (nSPS) is 15.4. The number of anilines is 2. The van der Waals surface area contributed by atoms with Gasteiger partial charge in [0.15, 0.2) is 0 Å². The summed E-state index contributed by atoms with van der Waals surface area (Å²) in [7, 11) is 2.17. The van der Waals surface area contributed by atoms with Crippen molar-refractivity contribution >= 4 is 11.5 Å². The van der Waals surface area contributed by atoms with E-state index < -0.39 is 0 Å². The molecule has 88 valence electrons. The van der Waals surface area contributed by atoms with Crippen LogP contribution in [0.2, 0.25) is 0 Å². The number of aromatic nitrogens is 1. The van der Waals surface area contributed by atoms with Crippen LogP contribution in [0.4, 0.5) is 11.5 Å². The second-order valence-electron chi connectivity index (χ2n) is 4.53. The maximum Gasteiger partial charge on any atom is 0.149 e. The van der Waals surface area contributed by atoms with Gasteiger partial charge in [-0.25, -0.2) is 4.98 Å². The van der Waals surface area contributed by atoms with Crippen molar-refractivity contribution in [3.8, 4) is 0 Å². The van der Waals surface area contributed by atoms with Gasteiger partial charge < -0.3 is 16.0 Å². The summed E-state index contributed by atoms with van der Waals surface area (Å²) in [6, 6.07) is 2.74. The molecule has 1 aromatic heterocycles. The van der Waals surface area contributed by atoms with E-state index in [0.717, 1.165) is 36.2 Å². The second-order valence-corrected chi connectivity index (χ2v) is 4.53. The Labute approximate surface area is 96.8 Å². The molecule has 0 unspecified atom stereocenters. The summed E-state index contributed by atoms with van der Waals surface area (Å²) in [5, 5.41) is 3.29. The first-order valence-corrected chi connectivity index (χ1v) is 5.83. The average Bonchev–Trinajstić information content (AvgIpc) is 3.07. The maximum atomic E-state index is 5.93. The highest BCUT2D eigenvalue weighted by Crippen LogP contribution is 2.25. The van der Waals surface area contributed by atoms with Gasteiger partial charge >= 0.3 is 0 Å². The van der Waals surface area contributed by atoms with Crippen LogP contribution in [0, 0.1) is 6.92 Å². The van der Waals surface area contributed by atoms with Crippen LogP contribution in [-0.4, -0.2) is 36.1 Å². The molecular formula is C12H20N4. The van der Waals surface area contributed by atoms with Gasteiger partial charge in [0.1, 0.15) is 5.82 Å². The number of likely N-dealkylation sites (N-methyl/N-ethyl adjacent to an activating group) is 1. The molecule has 0 radical (unpaired) electrons. The topological polar surface area (TPSA) is 54.2 Å². The fraction of sp³-hybridized carbons (Fsp3) is 0.583. The second kappa shape index (κ2) is 4.70. The molecule has 0 bridgehead atoms. The smallest absolute Gasteiger partial charge is 0.149 e. The zero-order chi connectivity index (χ0) is 11.5. The summed E-state index contributed by atoms with van der Waals surface area (Å²) in [4.78, 5) is 6.63. The maximum absolute atomic E-state index is 5.93. The number of aryl methyl sites for hydroxylation is 1. The highest BCUT2D eigenvalue weighted by atomic mass is 15.2. The van der Waals surface area contributed by atoms with E-state index in [4.69, 9.17) is 5.73 Å². The highest BCUT2D eigenvalue weighted by molar-refractivity contribution is 5.64. The molecule has 1 saturated carbocycles. The molecule has 2 rings (SSSR count). The molecule has 1 fully saturated rings. The number of rotatable bonds is 5. The van der Waals surface area contributed by atoms with E-state index in [9.17, 15) is 0 Å². The fourth-order valence-corrected chi connectivity index (χ4v) is 1.76. The van der Waals surface area contributed by atoms with Gasteiger partial charge in [-0.2, -0.15) is 0 Å². The molecule has 1 aliphatic rings. The zero-order valence-corrected chi connectivity index (χ0v) is 10.0. The van der Waals surface area contributed by atoms with Crippen LogP contribution in [0.15, 0.2) is 12.3 Å². The van der Waals surface area contributed by atoms with E-state index in [-0.39, 0.29) is 0 Å². The third kappa shape index (κ3) is 2.64. The highest BCUT2D eigenvalue weighted by Gasteiger charge is 2.25. The number of hydrogen-bond acceptors (Lipinski definition) is 4. The van der Waals surface area contributed by atoms with Crippen LogP contribution in [-0.2, 0) is 0 Å². The minimum Gasteiger partial charge on any atom is -0.396 e. The molecule has 1 aromatic rings. The largest absolute Gasteiger partial charge is 0.396 e. The van der Waals surface area contributed by atoms with Crippen molar-refractivity contribution in [1.29, 1.82) is 0 Å². The van der Waals surface area contributed by atoms with E-state index in [0.29, 0.717) is 0 Å². The lowest BCUT2D eigenvalue weighted by Crippen LogP contribution is -2.27. The van der Waals surface area contributed by atoms with Crippen LogP contribution >= 0.6 is 0 Å². The first-order chi connectivity index (χ1) is 7.68. The third-order valence-corrected chi connectivity index (χ3v) is 3.14. The van der Waals surface area contributed by atoms with Crippen molar-refractivity contribution in [3.63, 3.8) is 0 Å². The summed E-state index contributed by atoms with van der Waals surface area (Å²) in [5.74, 6) is 0.809. The van der Waals surface area contributed by atoms with Gasteiger partial charge in [-0.05, 0) is 38.4 Å². The zero-order valence-electron chi connectivity index (χ0n) is 10.0. The molecule has 4 nitrogen and oxygen atoms in total. The minimum absolute atomic E-state index is 0.761. The Morgan fingerprint density at radius 1 is 1.56 bits per heavy atom. The Bertz CT molecular complexity index is 360. The van der Waals surface area contributed by atoms with Crippen LogP contribution in [0.1, 0.15) is 18.4 Å². The molecule has 0 amide bonds. The predicted molar refractivity (Wildman–Crippen MR) is 67.5 cm³/mol. The molecule has 0 saturated heterocycles. The number of nitrogen functional groups attached to an aromatic ring is 1. The van der Waals surface area contributed by atoms with Gasteiger partial charge in [-0.3, -0.25) is 0 Å². The lowest BCUT2D eigenvalue weighted by atomic mass is 10.2. The first kappa shape index (κ1) is 11.2. The Balaban J connectivity index is 1.82. The SMILES string of the molecule is Cc1ccnc(NCCN(C)C2CC2)c1N. The van der Waals surface area contributed by atoms with E-state index in [1.807, 2.05) is 13.0 Å². The van der Waals surface area contributed by atoms with E-state index >= 15 is 0 Å². The molecule has 0 aliphatic heterocycles. The summed E-state index contributed by atoms with van der Waals surface area (Å²) < 4.78 is 0. The van der Waals surface area contributed by atoms with Gasteiger partial charge in [-0.1, -0.05) is 0 Å². The van der Waals surface area contributed by atoms with Gasteiger partial charge in [0.25, 0.3) is 0 Å². The summed E-state index contributed by atoms with van der Waals surface area (Å²) >= 11 is 0. The average molecular weight is 220 g/mol. The summed E-state index contributed by atoms with van der Waals surface area (Å²) in [6.45, 7) is 3.94. The van der Waals surface area contributed by atoms with Gasteiger partial charge in [0.2, 0.25) is 0 Å². The molecule has 4 heteroatoms. The number of pyridine rings is 1. The van der Waals surface area contributed by atoms with Gasteiger partial charge in [0.05, 0.1) is 5.69 Å². The molecule has 0 aromatic carbocycles. The molecular weight excluding hydrogens is 200 g/mol. The van der Waals surface area contributed by atoms with E-state index in [2.05, 4.69) is 22.2 Å². The standard InChI is InChI=1S/C12H20N4/c1-9-5-6-14-12(11(9)13)15-7-8-16(2)10-3-4-10/h5-6,10H,3-4,7-8,13H2,1-2H3,(H,14,15). The van der Waals surface area contributed by atoms with Crippen LogP contribution < -0.4 is 11.1 Å². The van der Waals surface area contributed by atoms with Crippen molar-refractivity contribution in [2.45, 2.75) is 25.8 Å². The Morgan fingerprint density at radius 2 is 2.31 bits per heavy atom. The lowest BCUT2D eigenvalue weighted by Gasteiger charge is -2.16. The van der Waals surface area contributed by atoms with E-state index in [1.54, 1.807) is 6.20 Å². The number of hydrogen-bond donors (Lipinski definition) is 2. The fourth-order valence-electron chi connectivity index (χ4n) is 1.76. The number of nitrogens with two attached hydrogens (primary N) is 1. The van der Waals surface area contributed by atoms with Crippen molar-refractivity contribution in [3.05, 3.63) is 17.8 Å². The Hall–Kier alpha value is -1.29. The molecule has 16 heavy (non-hydrogen) atoms. The summed E-state index contributed by atoms with van der Waals surface area (Å²) in [6.07, 6.45) is 4.49. The van der Waals surface area contributed by atoms with Crippen LogP contribution in [0.5, 0.6) is 0 Å². The van der Waals surface area contributed by atoms with Crippen LogP contribution in [0.3, 0.4) is 0 Å². The Morgan fingerprint density at radius 3 is 3.00 bits per heavy atom. The monoisotopic (exact) mass is 220 g/mol. The lowest BCUT2D eigenvalue weighted by molar-refractivity contribution is 0.337. The van der Waals surface area contributed by atoms with Crippen LogP contribution in [0.25, 0.3) is 0 Å². The third-order valence-electron chi connectivity index (χ3n) is 3.14. The van der Waals surface area contributed by atoms with Crippen molar-refractivity contribution in [2.24, 2.45) is 0 Å². The van der Waals surface area contributed by atoms with Gasteiger partial charge in [0, 0.05) is 25.3 Å². The van der Waals surface area contributed by atoms with Crippen molar-refractivity contribution in [1.82, 2.24) is 9.88 Å². The number of nitrogens with one attached hydrogen (secondary N) is 1. The molecule has 1 aliphatic carbocycles. The quantitative estimate of drug-likeness (QED) is 0.789. The number of nitrogens with zero attached hydrogens (tertiary/aromatic N) is 2. The molecule has 0 atom stereocenters. The molecule has 1 heterocycles. The molecule has 3 N–H and O–H groups in total. The minimum atomic E-state index is 0.761. The first-order valence-electron chi connectivity index (χ1n) is 5.83. The molecule has 0 spiro atoms.